The van der Waals surface area contributed by atoms with Crippen LogP contribution >= 0.6 is 23.2 Å². The number of imide groups is 2. The fourth-order valence-corrected chi connectivity index (χ4v) is 9.37. The van der Waals surface area contributed by atoms with Crippen LogP contribution in [-0.4, -0.2) is 50.7 Å². The van der Waals surface area contributed by atoms with Gasteiger partial charge in [0.15, 0.2) is 17.3 Å². The van der Waals surface area contributed by atoms with Crippen molar-refractivity contribution in [2.75, 3.05) is 12.5 Å². The van der Waals surface area contributed by atoms with Gasteiger partial charge in [0.2, 0.25) is 11.8 Å². The van der Waals surface area contributed by atoms with Gasteiger partial charge in [0.1, 0.15) is 0 Å². The summed E-state index contributed by atoms with van der Waals surface area (Å²) in [7, 11) is 1.38. The first kappa shape index (κ1) is 36.6. The molecular formula is C40H31Cl2F3N4O6. The van der Waals surface area contributed by atoms with Gasteiger partial charge in [-0.3, -0.25) is 29.5 Å². The Labute approximate surface area is 322 Å². The molecule has 0 bridgehead atoms. The lowest BCUT2D eigenvalue weighted by molar-refractivity contribution is -0.142. The number of alkyl halides is 3. The number of rotatable bonds is 7. The minimum absolute atomic E-state index is 0.0383. The average Bonchev–Trinajstić information content (AvgIpc) is 3.53. The normalized spacial score (nSPS) is 26.1. The summed E-state index contributed by atoms with van der Waals surface area (Å²) in [5.74, 6) is -7.16. The van der Waals surface area contributed by atoms with Crippen molar-refractivity contribution in [3.8, 4) is 11.5 Å². The van der Waals surface area contributed by atoms with Crippen LogP contribution in [0.5, 0.6) is 11.5 Å². The van der Waals surface area contributed by atoms with Crippen LogP contribution in [0.1, 0.15) is 41.0 Å². The summed E-state index contributed by atoms with van der Waals surface area (Å²) in [6, 6.07) is 20.8. The van der Waals surface area contributed by atoms with Crippen LogP contribution in [0.25, 0.3) is 0 Å². The van der Waals surface area contributed by atoms with Crippen molar-refractivity contribution in [1.29, 1.82) is 0 Å². The molecule has 1 aromatic heterocycles. The summed E-state index contributed by atoms with van der Waals surface area (Å²) in [6.45, 7) is 0.0669. The average molecular weight is 792 g/mol. The van der Waals surface area contributed by atoms with Crippen LogP contribution < -0.4 is 10.2 Å². The molecule has 10 nitrogen and oxygen atoms in total. The van der Waals surface area contributed by atoms with Gasteiger partial charge in [0.05, 0.1) is 47.4 Å². The number of carbonyl (C=O) groups is 4. The highest BCUT2D eigenvalue weighted by Gasteiger charge is 2.70. The first-order chi connectivity index (χ1) is 26.2. The number of phenols is 1. The number of nitrogens with one attached hydrogen (secondary N) is 1. The van der Waals surface area contributed by atoms with E-state index in [4.69, 9.17) is 27.9 Å². The SMILES string of the molecule is COc1ccc([C@H]2C3=CC[C@@H]4C(=O)N(Cc5ccccc5)C(=O)[C@@H]4[C@@H]3C[C@H]3C(=O)N(Nc4ncc(C(F)(F)F)cc4Cl)C(=O)[C@@]23c2ccc(Cl)cc2)cc1O. The third kappa shape index (κ3) is 5.74. The van der Waals surface area contributed by atoms with Crippen LogP contribution in [0.3, 0.4) is 0 Å². The van der Waals surface area contributed by atoms with Gasteiger partial charge in [-0.2, -0.15) is 18.2 Å². The largest absolute Gasteiger partial charge is 0.504 e. The molecule has 8 rings (SSSR count). The molecule has 282 valence electrons. The summed E-state index contributed by atoms with van der Waals surface area (Å²) in [6.07, 6.45) is -2.21. The molecule has 6 atom stereocenters. The number of hydrogen-bond donors (Lipinski definition) is 2. The highest BCUT2D eigenvalue weighted by atomic mass is 35.5. The van der Waals surface area contributed by atoms with E-state index in [1.165, 1.54) is 24.1 Å². The second kappa shape index (κ2) is 13.4. The van der Waals surface area contributed by atoms with E-state index >= 15 is 4.79 Å². The first-order valence-corrected chi connectivity index (χ1v) is 18.1. The molecule has 4 aromatic rings. The molecule has 2 N–H and O–H groups in total. The molecule has 2 aliphatic carbocycles. The third-order valence-corrected chi connectivity index (χ3v) is 11.9. The monoisotopic (exact) mass is 790 g/mol. The van der Waals surface area contributed by atoms with E-state index in [-0.39, 0.29) is 42.6 Å². The molecule has 55 heavy (non-hydrogen) atoms. The smallest absolute Gasteiger partial charge is 0.417 e. The number of aromatic hydroxyl groups is 1. The van der Waals surface area contributed by atoms with E-state index in [0.717, 1.165) is 10.6 Å². The number of halogens is 5. The quantitative estimate of drug-likeness (QED) is 0.147. The van der Waals surface area contributed by atoms with E-state index < -0.39 is 69.5 Å². The molecule has 0 unspecified atom stereocenters. The second-order valence-electron chi connectivity index (χ2n) is 14.1. The fraction of sp³-hybridized carbons (Fsp3) is 0.275. The molecule has 3 aromatic carbocycles. The number of amides is 4. The number of hydrogen-bond acceptors (Lipinski definition) is 8. The molecule has 3 fully saturated rings. The number of pyridine rings is 1. The maximum Gasteiger partial charge on any atom is 0.417 e. The molecule has 1 saturated carbocycles. The first-order valence-electron chi connectivity index (χ1n) is 17.4. The Morgan fingerprint density at radius 3 is 2.33 bits per heavy atom. The zero-order valence-corrected chi connectivity index (χ0v) is 30.4. The summed E-state index contributed by atoms with van der Waals surface area (Å²) in [4.78, 5) is 63.5. The lowest BCUT2D eigenvalue weighted by atomic mass is 9.49. The Morgan fingerprint density at radius 1 is 0.945 bits per heavy atom. The van der Waals surface area contributed by atoms with Crippen molar-refractivity contribution >= 4 is 52.6 Å². The Kier molecular flexibility index (Phi) is 8.92. The maximum absolute atomic E-state index is 15.3. The zero-order chi connectivity index (χ0) is 39.0. The van der Waals surface area contributed by atoms with E-state index in [1.54, 1.807) is 30.3 Å². The number of nitrogens with zero attached hydrogens (tertiary/aromatic N) is 3. The highest BCUT2D eigenvalue weighted by molar-refractivity contribution is 6.33. The van der Waals surface area contributed by atoms with Crippen LogP contribution in [0.4, 0.5) is 19.0 Å². The Hall–Kier alpha value is -5.40. The lowest BCUT2D eigenvalue weighted by Gasteiger charge is -2.50. The van der Waals surface area contributed by atoms with Crippen molar-refractivity contribution < 1.29 is 42.2 Å². The number of hydrazine groups is 1. The van der Waals surface area contributed by atoms with E-state index in [2.05, 4.69) is 10.4 Å². The fourth-order valence-electron chi connectivity index (χ4n) is 9.03. The number of fused-ring (bicyclic) bond motifs is 4. The molecule has 4 aliphatic rings. The predicted molar refractivity (Wildman–Crippen MR) is 194 cm³/mol. The molecular weight excluding hydrogens is 760 g/mol. The number of benzene rings is 3. The van der Waals surface area contributed by atoms with Crippen molar-refractivity contribution in [3.63, 3.8) is 0 Å². The molecule has 3 heterocycles. The van der Waals surface area contributed by atoms with Crippen LogP contribution in [-0.2, 0) is 37.3 Å². The topological polar surface area (TPSA) is 129 Å². The highest BCUT2D eigenvalue weighted by Crippen LogP contribution is 2.64. The lowest BCUT2D eigenvalue weighted by Crippen LogP contribution is -2.53. The summed E-state index contributed by atoms with van der Waals surface area (Å²) < 4.78 is 45.7. The van der Waals surface area contributed by atoms with Crippen LogP contribution in [0.15, 0.2) is 96.7 Å². The third-order valence-electron chi connectivity index (χ3n) is 11.4. The number of phenolic OH excluding ortho intramolecular Hbond substituents is 1. The van der Waals surface area contributed by atoms with Gasteiger partial charge in [-0.1, -0.05) is 83.4 Å². The van der Waals surface area contributed by atoms with Gasteiger partial charge >= 0.3 is 6.18 Å². The minimum Gasteiger partial charge on any atom is -0.504 e. The van der Waals surface area contributed by atoms with E-state index in [0.29, 0.717) is 34.0 Å². The van der Waals surface area contributed by atoms with Crippen molar-refractivity contribution in [2.45, 2.75) is 36.9 Å². The van der Waals surface area contributed by atoms with Crippen molar-refractivity contribution in [3.05, 3.63) is 129 Å². The minimum atomic E-state index is -4.75. The van der Waals surface area contributed by atoms with Crippen molar-refractivity contribution in [1.82, 2.24) is 14.9 Å². The van der Waals surface area contributed by atoms with E-state index in [9.17, 15) is 32.7 Å². The van der Waals surface area contributed by atoms with Crippen molar-refractivity contribution in [2.24, 2.45) is 23.7 Å². The number of anilines is 1. The summed E-state index contributed by atoms with van der Waals surface area (Å²) in [5, 5.41) is 11.7. The van der Waals surface area contributed by atoms with Crippen LogP contribution in [0, 0.1) is 23.7 Å². The maximum atomic E-state index is 15.3. The number of likely N-dealkylation sites (tertiary alicyclic amines) is 1. The molecule has 2 saturated heterocycles. The van der Waals surface area contributed by atoms with Gasteiger partial charge in [-0.25, -0.2) is 4.98 Å². The second-order valence-corrected chi connectivity index (χ2v) is 14.9. The molecule has 0 spiro atoms. The Morgan fingerprint density at radius 2 is 1.67 bits per heavy atom. The van der Waals surface area contributed by atoms with Gasteiger partial charge < -0.3 is 9.84 Å². The van der Waals surface area contributed by atoms with Gasteiger partial charge in [-0.15, -0.1) is 0 Å². The Bertz CT molecular complexity index is 2290. The zero-order valence-electron chi connectivity index (χ0n) is 28.9. The number of allylic oxidation sites excluding steroid dienone is 2. The number of carbonyl (C=O) groups excluding carboxylic acids is 4. The molecule has 15 heteroatoms. The summed E-state index contributed by atoms with van der Waals surface area (Å²) >= 11 is 12.6. The molecule has 4 amide bonds. The molecule has 0 radical (unpaired) electrons. The number of methoxy groups -OCH3 is 1. The number of aromatic nitrogens is 1. The number of ether oxygens (including phenoxy) is 1. The molecule has 2 aliphatic heterocycles. The van der Waals surface area contributed by atoms with Gasteiger partial charge in [-0.05, 0) is 65.8 Å². The van der Waals surface area contributed by atoms with Gasteiger partial charge in [0, 0.05) is 17.1 Å². The predicted octanol–water partition coefficient (Wildman–Crippen LogP) is 7.31. The standard InChI is InChI=1S/C40H31Cl2F3N4O6/c1-55-31-14-7-21(15-30(31)50)33-25-12-13-26-32(37(53)48(35(26)51)19-20-5-3-2-4-6-20)27(25)17-28-36(52)49(38(54)39(28,33)22-8-10-24(41)11-9-22)47-34-29(42)16-23(18-46-34)40(43,44)45/h2-12,14-16,18,26-28,32-33,50H,13,17,19H2,1H3,(H,46,47)/t26-,27+,28-,32-,33-,39+/m0/s1. The van der Waals surface area contributed by atoms with E-state index in [1.807, 2.05) is 36.4 Å². The van der Waals surface area contributed by atoms with Gasteiger partial charge in [0.25, 0.3) is 11.8 Å². The summed E-state index contributed by atoms with van der Waals surface area (Å²) in [5.41, 5.74) is 1.93. The Balaban J connectivity index is 1.29. The van der Waals surface area contributed by atoms with Crippen LogP contribution in [0.2, 0.25) is 10.0 Å².